The van der Waals surface area contributed by atoms with Gasteiger partial charge in [-0.2, -0.15) is 0 Å². The quantitative estimate of drug-likeness (QED) is 0.447. The van der Waals surface area contributed by atoms with E-state index in [0.717, 1.165) is 0 Å². The zero-order valence-corrected chi connectivity index (χ0v) is 6.91. The van der Waals surface area contributed by atoms with Crippen LogP contribution < -0.4 is 0 Å². The predicted molar refractivity (Wildman–Crippen MR) is 36.5 cm³/mol. The molecule has 1 heterocycles. The smallest absolute Gasteiger partial charge is 0.430 e. The van der Waals surface area contributed by atoms with Crippen LogP contribution in [-0.4, -0.2) is 22.7 Å². The second kappa shape index (κ2) is 2.64. The molecule has 0 saturated carbocycles. The van der Waals surface area contributed by atoms with Gasteiger partial charge in [0, 0.05) is 0 Å². The van der Waals surface area contributed by atoms with Gasteiger partial charge < -0.3 is 9.47 Å². The van der Waals surface area contributed by atoms with E-state index in [1.165, 1.54) is 0 Å². The highest BCUT2D eigenvalue weighted by atomic mass is 35.6. The lowest BCUT2D eigenvalue weighted by Gasteiger charge is -2.14. The Balaban J connectivity index is 2.53. The summed E-state index contributed by atoms with van der Waals surface area (Å²) in [6.45, 7) is -0.00463. The number of halogens is 3. The SMILES string of the molecule is O=C1OC[C@@H](C(Cl)(Cl)Cl)O1. The molecule has 0 N–H and O–H groups in total. The van der Waals surface area contributed by atoms with Crippen molar-refractivity contribution in [2.24, 2.45) is 0 Å². The molecule has 0 aromatic carbocycles. The van der Waals surface area contributed by atoms with Crippen molar-refractivity contribution >= 4 is 41.0 Å². The van der Waals surface area contributed by atoms with Crippen LogP contribution in [0.15, 0.2) is 0 Å². The zero-order chi connectivity index (χ0) is 7.78. The van der Waals surface area contributed by atoms with Crippen molar-refractivity contribution < 1.29 is 14.3 Å². The van der Waals surface area contributed by atoms with Gasteiger partial charge in [0.2, 0.25) is 3.79 Å². The molecule has 3 nitrogen and oxygen atoms in total. The fraction of sp³-hybridized carbons (Fsp3) is 0.750. The normalized spacial score (nSPS) is 25.9. The number of ether oxygens (including phenoxy) is 2. The molecule has 1 fully saturated rings. The lowest BCUT2D eigenvalue weighted by molar-refractivity contribution is 0.119. The average molecular weight is 205 g/mol. The Morgan fingerprint density at radius 3 is 2.30 bits per heavy atom. The summed E-state index contributed by atoms with van der Waals surface area (Å²) in [6, 6.07) is 0. The molecule has 1 aliphatic heterocycles. The van der Waals surface area contributed by atoms with Gasteiger partial charge >= 0.3 is 6.16 Å². The number of hydrogen-bond acceptors (Lipinski definition) is 3. The molecule has 10 heavy (non-hydrogen) atoms. The third kappa shape index (κ3) is 1.81. The van der Waals surface area contributed by atoms with Crippen LogP contribution in [0.1, 0.15) is 0 Å². The van der Waals surface area contributed by atoms with Gasteiger partial charge in [0.05, 0.1) is 0 Å². The van der Waals surface area contributed by atoms with Crippen LogP contribution in [0.25, 0.3) is 0 Å². The Hall–Kier alpha value is 0.140. The lowest BCUT2D eigenvalue weighted by Crippen LogP contribution is -2.27. The highest BCUT2D eigenvalue weighted by Gasteiger charge is 2.41. The Labute approximate surface area is 72.1 Å². The molecule has 0 aromatic heterocycles. The van der Waals surface area contributed by atoms with Crippen molar-refractivity contribution in [3.8, 4) is 0 Å². The lowest BCUT2D eigenvalue weighted by atomic mass is 10.4. The van der Waals surface area contributed by atoms with Gasteiger partial charge in [-0.05, 0) is 0 Å². The molecule has 1 aliphatic rings. The summed E-state index contributed by atoms with van der Waals surface area (Å²) in [6.07, 6.45) is -1.58. The average Bonchev–Trinajstić information content (AvgIpc) is 2.11. The van der Waals surface area contributed by atoms with E-state index < -0.39 is 16.1 Å². The minimum atomic E-state index is -1.59. The van der Waals surface area contributed by atoms with Gasteiger partial charge in [0.15, 0.2) is 6.10 Å². The molecule has 0 amide bonds. The fourth-order valence-electron chi connectivity index (χ4n) is 0.489. The largest absolute Gasteiger partial charge is 0.508 e. The van der Waals surface area contributed by atoms with Crippen molar-refractivity contribution in [3.05, 3.63) is 0 Å². The van der Waals surface area contributed by atoms with Crippen LogP contribution in [0.3, 0.4) is 0 Å². The Morgan fingerprint density at radius 1 is 1.50 bits per heavy atom. The molecular weight excluding hydrogens is 202 g/mol. The van der Waals surface area contributed by atoms with E-state index in [0.29, 0.717) is 0 Å². The number of carbonyl (C=O) groups is 1. The Kier molecular flexibility index (Phi) is 2.18. The summed E-state index contributed by atoms with van der Waals surface area (Å²) in [5, 5.41) is 0. The minimum absolute atomic E-state index is 0.00463. The van der Waals surface area contributed by atoms with Gasteiger partial charge in [-0.1, -0.05) is 34.8 Å². The molecule has 6 heteroatoms. The molecule has 1 saturated heterocycles. The fourth-order valence-corrected chi connectivity index (χ4v) is 0.812. The van der Waals surface area contributed by atoms with Crippen LogP contribution in [0, 0.1) is 0 Å². The Bertz CT molecular complexity index is 152. The summed E-state index contributed by atoms with van der Waals surface area (Å²) in [5.74, 6) is 0. The van der Waals surface area contributed by atoms with E-state index in [4.69, 9.17) is 34.8 Å². The van der Waals surface area contributed by atoms with Crippen molar-refractivity contribution in [3.63, 3.8) is 0 Å². The first kappa shape index (κ1) is 8.24. The molecule has 58 valence electrons. The van der Waals surface area contributed by atoms with Gasteiger partial charge in [-0.15, -0.1) is 0 Å². The van der Waals surface area contributed by atoms with E-state index in [-0.39, 0.29) is 6.61 Å². The summed E-state index contributed by atoms with van der Waals surface area (Å²) < 4.78 is 7.26. The summed E-state index contributed by atoms with van der Waals surface area (Å²) >= 11 is 16.1. The van der Waals surface area contributed by atoms with E-state index >= 15 is 0 Å². The van der Waals surface area contributed by atoms with Crippen LogP contribution in [0.2, 0.25) is 0 Å². The standard InChI is InChI=1S/C4H3Cl3O3/c5-4(6,7)2-1-9-3(8)10-2/h2H,1H2/t2-/m0/s1. The molecule has 0 aromatic rings. The number of cyclic esters (lactones) is 2. The molecule has 0 aliphatic carbocycles. The highest BCUT2D eigenvalue weighted by Crippen LogP contribution is 2.34. The maximum absolute atomic E-state index is 10.3. The van der Waals surface area contributed by atoms with E-state index in [1.54, 1.807) is 0 Å². The first-order chi connectivity index (χ1) is 4.50. The minimum Gasteiger partial charge on any atom is -0.430 e. The van der Waals surface area contributed by atoms with Gasteiger partial charge in [-0.3, -0.25) is 0 Å². The second-order valence-electron chi connectivity index (χ2n) is 1.71. The van der Waals surface area contributed by atoms with E-state index in [1.807, 2.05) is 0 Å². The number of hydrogen-bond donors (Lipinski definition) is 0. The Morgan fingerprint density at radius 2 is 2.10 bits per heavy atom. The molecular formula is C4H3Cl3O3. The van der Waals surface area contributed by atoms with E-state index in [2.05, 4.69) is 9.47 Å². The predicted octanol–water partition coefficient (Wildman–Crippen LogP) is 1.89. The first-order valence-electron chi connectivity index (χ1n) is 2.40. The highest BCUT2D eigenvalue weighted by molar-refractivity contribution is 6.68. The molecule has 0 radical (unpaired) electrons. The summed E-state index contributed by atoms with van der Waals surface area (Å²) in [4.78, 5) is 10.3. The van der Waals surface area contributed by atoms with Crippen LogP contribution in [0.4, 0.5) is 4.79 Å². The molecule has 0 bridgehead atoms. The van der Waals surface area contributed by atoms with Crippen molar-refractivity contribution in [2.75, 3.05) is 6.61 Å². The van der Waals surface area contributed by atoms with Crippen LogP contribution >= 0.6 is 34.8 Å². The summed E-state index contributed by atoms with van der Waals surface area (Å²) in [5.41, 5.74) is 0. The van der Waals surface area contributed by atoms with Gasteiger partial charge in [-0.25, -0.2) is 4.79 Å². The maximum atomic E-state index is 10.3. The van der Waals surface area contributed by atoms with Crippen molar-refractivity contribution in [1.82, 2.24) is 0 Å². The monoisotopic (exact) mass is 204 g/mol. The van der Waals surface area contributed by atoms with Gasteiger partial charge in [0.1, 0.15) is 6.61 Å². The van der Waals surface area contributed by atoms with Crippen molar-refractivity contribution in [1.29, 1.82) is 0 Å². The number of rotatable bonds is 0. The zero-order valence-electron chi connectivity index (χ0n) is 4.64. The summed E-state index contributed by atoms with van der Waals surface area (Å²) in [7, 11) is 0. The number of carbonyl (C=O) groups excluding carboxylic acids is 1. The third-order valence-electron chi connectivity index (χ3n) is 0.956. The first-order valence-corrected chi connectivity index (χ1v) is 3.53. The molecule has 1 rings (SSSR count). The topological polar surface area (TPSA) is 35.5 Å². The maximum Gasteiger partial charge on any atom is 0.508 e. The van der Waals surface area contributed by atoms with E-state index in [9.17, 15) is 4.79 Å². The van der Waals surface area contributed by atoms with Crippen molar-refractivity contribution in [2.45, 2.75) is 9.90 Å². The van der Waals surface area contributed by atoms with Crippen LogP contribution in [0.5, 0.6) is 0 Å². The number of alkyl halides is 3. The third-order valence-corrected chi connectivity index (χ3v) is 1.69. The molecule has 1 atom stereocenters. The van der Waals surface area contributed by atoms with Gasteiger partial charge in [0.25, 0.3) is 0 Å². The van der Waals surface area contributed by atoms with Crippen LogP contribution in [-0.2, 0) is 9.47 Å². The molecule has 0 unspecified atom stereocenters. The second-order valence-corrected chi connectivity index (χ2v) is 4.08. The molecule has 0 spiro atoms.